The van der Waals surface area contributed by atoms with Crippen LogP contribution in [0.3, 0.4) is 0 Å². The third-order valence-electron chi connectivity index (χ3n) is 4.84. The summed E-state index contributed by atoms with van der Waals surface area (Å²) >= 11 is 0. The summed E-state index contributed by atoms with van der Waals surface area (Å²) in [6, 6.07) is 4.21. The lowest BCUT2D eigenvalue weighted by molar-refractivity contribution is 0.337. The number of fused-ring (bicyclic) bond motifs is 2. The van der Waals surface area contributed by atoms with Gasteiger partial charge in [-0.05, 0) is 49.1 Å². The van der Waals surface area contributed by atoms with Gasteiger partial charge in [0.1, 0.15) is 0 Å². The van der Waals surface area contributed by atoms with E-state index in [0.717, 1.165) is 23.4 Å². The van der Waals surface area contributed by atoms with Crippen molar-refractivity contribution in [2.24, 2.45) is 23.5 Å². The van der Waals surface area contributed by atoms with Crippen LogP contribution in [0.1, 0.15) is 31.4 Å². The van der Waals surface area contributed by atoms with E-state index in [1.54, 1.807) is 0 Å². The molecule has 0 saturated heterocycles. The third kappa shape index (κ3) is 2.24. The molecule has 3 heteroatoms. The Morgan fingerprint density at radius 3 is 2.94 bits per heavy atom. The molecular weight excluding hydrogens is 222 g/mol. The van der Waals surface area contributed by atoms with Gasteiger partial charge in [-0.3, -0.25) is 4.98 Å². The maximum absolute atomic E-state index is 5.65. The monoisotopic (exact) mass is 245 g/mol. The topological polar surface area (TPSA) is 42.2 Å². The van der Waals surface area contributed by atoms with Crippen LogP contribution in [0.25, 0.3) is 0 Å². The minimum atomic E-state index is 0.524. The van der Waals surface area contributed by atoms with E-state index in [9.17, 15) is 0 Å². The Kier molecular flexibility index (Phi) is 3.25. The highest BCUT2D eigenvalue weighted by molar-refractivity contribution is 5.45. The lowest BCUT2D eigenvalue weighted by atomic mass is 9.88. The molecule has 98 valence electrons. The largest absolute Gasteiger partial charge is 0.374 e. The Hall–Kier alpha value is -1.09. The van der Waals surface area contributed by atoms with Gasteiger partial charge in [0.2, 0.25) is 0 Å². The molecule has 1 aromatic rings. The Labute approximate surface area is 109 Å². The van der Waals surface area contributed by atoms with Crippen LogP contribution in [0.4, 0.5) is 5.69 Å². The van der Waals surface area contributed by atoms with Crippen LogP contribution in [-0.4, -0.2) is 18.6 Å². The fraction of sp³-hybridized carbons (Fsp3) is 0.667. The van der Waals surface area contributed by atoms with E-state index in [0.29, 0.717) is 6.54 Å². The number of nitrogens with zero attached hydrogens (tertiary/aromatic N) is 2. The summed E-state index contributed by atoms with van der Waals surface area (Å²) in [5.41, 5.74) is 7.89. The standard InChI is InChI=1S/C15H23N3/c1-18(15-4-5-17-14(8-15)9-16)10-13-7-11-2-3-12(13)6-11/h4-5,8,11-13H,2-3,6-7,9-10,16H2,1H3. The molecule has 2 aliphatic rings. The van der Waals surface area contributed by atoms with Crippen LogP contribution in [0.5, 0.6) is 0 Å². The van der Waals surface area contributed by atoms with Gasteiger partial charge < -0.3 is 10.6 Å². The molecule has 2 aliphatic carbocycles. The highest BCUT2D eigenvalue weighted by Crippen LogP contribution is 2.48. The fourth-order valence-electron chi connectivity index (χ4n) is 3.87. The Balaban J connectivity index is 1.65. The van der Waals surface area contributed by atoms with E-state index in [2.05, 4.69) is 29.1 Å². The molecule has 2 saturated carbocycles. The second-order valence-corrected chi connectivity index (χ2v) is 6.02. The average Bonchev–Trinajstić information content (AvgIpc) is 3.01. The van der Waals surface area contributed by atoms with E-state index in [-0.39, 0.29) is 0 Å². The first-order valence-corrected chi connectivity index (χ1v) is 7.12. The smallest absolute Gasteiger partial charge is 0.0560 e. The van der Waals surface area contributed by atoms with Crippen LogP contribution < -0.4 is 10.6 Å². The molecule has 2 N–H and O–H groups in total. The zero-order valence-electron chi connectivity index (χ0n) is 11.2. The van der Waals surface area contributed by atoms with Crippen molar-refractivity contribution < 1.29 is 0 Å². The predicted molar refractivity (Wildman–Crippen MR) is 74.3 cm³/mol. The lowest BCUT2D eigenvalue weighted by Crippen LogP contribution is -2.28. The molecule has 3 atom stereocenters. The van der Waals surface area contributed by atoms with Gasteiger partial charge in [-0.2, -0.15) is 0 Å². The second kappa shape index (κ2) is 4.88. The van der Waals surface area contributed by atoms with Gasteiger partial charge in [0.15, 0.2) is 0 Å². The van der Waals surface area contributed by atoms with Gasteiger partial charge in [-0.25, -0.2) is 0 Å². The first kappa shape index (κ1) is 12.0. The maximum atomic E-state index is 5.65. The Morgan fingerprint density at radius 2 is 2.28 bits per heavy atom. The van der Waals surface area contributed by atoms with Crippen molar-refractivity contribution in [2.45, 2.75) is 32.2 Å². The maximum Gasteiger partial charge on any atom is 0.0560 e. The molecule has 3 nitrogen and oxygen atoms in total. The van der Waals surface area contributed by atoms with E-state index in [4.69, 9.17) is 5.73 Å². The molecule has 2 bridgehead atoms. The SMILES string of the molecule is CN(CC1CC2CCC1C2)c1ccnc(CN)c1. The first-order chi connectivity index (χ1) is 8.76. The number of nitrogens with two attached hydrogens (primary N) is 1. The van der Waals surface area contributed by atoms with Gasteiger partial charge in [-0.15, -0.1) is 0 Å². The fourth-order valence-corrected chi connectivity index (χ4v) is 3.87. The summed E-state index contributed by atoms with van der Waals surface area (Å²) in [5, 5.41) is 0. The number of anilines is 1. The number of aromatic nitrogens is 1. The molecule has 1 heterocycles. The normalized spacial score (nSPS) is 29.8. The Morgan fingerprint density at radius 1 is 1.39 bits per heavy atom. The van der Waals surface area contributed by atoms with Crippen molar-refractivity contribution in [2.75, 3.05) is 18.5 Å². The van der Waals surface area contributed by atoms with Gasteiger partial charge in [0.25, 0.3) is 0 Å². The van der Waals surface area contributed by atoms with Crippen molar-refractivity contribution in [1.29, 1.82) is 0 Å². The zero-order chi connectivity index (χ0) is 12.5. The minimum absolute atomic E-state index is 0.524. The molecule has 0 radical (unpaired) electrons. The number of hydrogen-bond acceptors (Lipinski definition) is 3. The van der Waals surface area contributed by atoms with Crippen LogP contribution in [0.15, 0.2) is 18.3 Å². The molecular formula is C15H23N3. The van der Waals surface area contributed by atoms with Crippen molar-refractivity contribution >= 4 is 5.69 Å². The second-order valence-electron chi connectivity index (χ2n) is 6.02. The molecule has 0 spiro atoms. The zero-order valence-corrected chi connectivity index (χ0v) is 11.2. The number of rotatable bonds is 4. The molecule has 0 aromatic carbocycles. The molecule has 3 rings (SSSR count). The van der Waals surface area contributed by atoms with Gasteiger partial charge in [0.05, 0.1) is 5.69 Å². The molecule has 2 fully saturated rings. The Bertz CT molecular complexity index is 418. The summed E-state index contributed by atoms with van der Waals surface area (Å²) in [6.45, 7) is 1.71. The van der Waals surface area contributed by atoms with Crippen molar-refractivity contribution in [1.82, 2.24) is 4.98 Å². The van der Waals surface area contributed by atoms with Crippen LogP contribution in [-0.2, 0) is 6.54 Å². The number of hydrogen-bond donors (Lipinski definition) is 1. The van der Waals surface area contributed by atoms with Gasteiger partial charge >= 0.3 is 0 Å². The van der Waals surface area contributed by atoms with Crippen LogP contribution in [0.2, 0.25) is 0 Å². The highest BCUT2D eigenvalue weighted by atomic mass is 15.1. The van der Waals surface area contributed by atoms with E-state index in [1.165, 1.54) is 37.9 Å². The lowest BCUT2D eigenvalue weighted by Gasteiger charge is -2.28. The van der Waals surface area contributed by atoms with Gasteiger partial charge in [-0.1, -0.05) is 6.42 Å². The molecule has 18 heavy (non-hydrogen) atoms. The molecule has 1 aromatic heterocycles. The summed E-state index contributed by atoms with van der Waals surface area (Å²) in [4.78, 5) is 6.64. The predicted octanol–water partition coefficient (Wildman–Crippen LogP) is 2.41. The molecule has 0 amide bonds. The first-order valence-electron chi connectivity index (χ1n) is 7.12. The van der Waals surface area contributed by atoms with Crippen molar-refractivity contribution in [3.8, 4) is 0 Å². The molecule has 0 aliphatic heterocycles. The summed E-state index contributed by atoms with van der Waals surface area (Å²) in [5.74, 6) is 2.93. The van der Waals surface area contributed by atoms with Gasteiger partial charge in [0, 0.05) is 32.0 Å². The minimum Gasteiger partial charge on any atom is -0.374 e. The third-order valence-corrected chi connectivity index (χ3v) is 4.84. The average molecular weight is 245 g/mol. The summed E-state index contributed by atoms with van der Waals surface area (Å²) < 4.78 is 0. The quantitative estimate of drug-likeness (QED) is 0.885. The number of pyridine rings is 1. The van der Waals surface area contributed by atoms with E-state index < -0.39 is 0 Å². The molecule has 3 unspecified atom stereocenters. The van der Waals surface area contributed by atoms with Crippen LogP contribution in [0, 0.1) is 17.8 Å². The highest BCUT2D eigenvalue weighted by Gasteiger charge is 2.39. The van der Waals surface area contributed by atoms with E-state index in [1.807, 2.05) is 6.20 Å². The summed E-state index contributed by atoms with van der Waals surface area (Å²) in [7, 11) is 2.20. The van der Waals surface area contributed by atoms with Crippen molar-refractivity contribution in [3.05, 3.63) is 24.0 Å². The van der Waals surface area contributed by atoms with Crippen LogP contribution >= 0.6 is 0 Å². The van der Waals surface area contributed by atoms with E-state index >= 15 is 0 Å². The summed E-state index contributed by atoms with van der Waals surface area (Å²) in [6.07, 6.45) is 7.76. The van der Waals surface area contributed by atoms with Crippen molar-refractivity contribution in [3.63, 3.8) is 0 Å².